The van der Waals surface area contributed by atoms with Gasteiger partial charge < -0.3 is 0 Å². The highest BCUT2D eigenvalue weighted by Crippen LogP contribution is 2.25. The van der Waals surface area contributed by atoms with E-state index in [1.54, 1.807) is 0 Å². The van der Waals surface area contributed by atoms with Gasteiger partial charge in [0.2, 0.25) is 0 Å². The van der Waals surface area contributed by atoms with Crippen LogP contribution in [0.15, 0.2) is 4.99 Å². The third kappa shape index (κ3) is 6.45. The van der Waals surface area contributed by atoms with E-state index in [-0.39, 0.29) is 5.38 Å². The summed E-state index contributed by atoms with van der Waals surface area (Å²) in [5.74, 6) is 1.94. The molecule has 0 spiro atoms. The lowest BCUT2D eigenvalue weighted by molar-refractivity contribution is 0.450. The average Bonchev–Trinajstić information content (AvgIpc) is 2.27. The van der Waals surface area contributed by atoms with Gasteiger partial charge in [-0.1, -0.05) is 34.1 Å². The molecule has 2 heteroatoms. The third-order valence-electron chi connectivity index (χ3n) is 3.74. The molecule has 0 saturated heterocycles. The minimum absolute atomic E-state index is 0.243. The Morgan fingerprint density at radius 1 is 1.06 bits per heavy atom. The number of halogens is 1. The number of nitrogens with zero attached hydrogens (tertiary/aromatic N) is 1. The summed E-state index contributed by atoms with van der Waals surface area (Å²) < 4.78 is 0. The van der Waals surface area contributed by atoms with Gasteiger partial charge in [0, 0.05) is 18.1 Å². The second kappa shape index (κ2) is 8.97. The van der Waals surface area contributed by atoms with Crippen LogP contribution in [0.2, 0.25) is 0 Å². The maximum Gasteiger partial charge on any atom is 0.0314 e. The highest BCUT2D eigenvalue weighted by Gasteiger charge is 2.22. The number of aliphatic imine (C=N–C) groups is 1. The summed E-state index contributed by atoms with van der Waals surface area (Å²) in [5.41, 5.74) is 1.38. The van der Waals surface area contributed by atoms with E-state index < -0.39 is 0 Å². The first kappa shape index (κ1) is 17.0. The lowest BCUT2D eigenvalue weighted by Crippen LogP contribution is -2.25. The molecular formula is C15H30ClN. The number of rotatable bonds is 8. The van der Waals surface area contributed by atoms with Crippen molar-refractivity contribution < 1.29 is 0 Å². The standard InChI is InChI=1S/C15H30ClN/c1-7-11(3)9-12(4)15(17-6)14(8-2)10-13(5)16/h11-14H,7-10H2,1-6H3. The fourth-order valence-electron chi connectivity index (χ4n) is 2.58. The summed E-state index contributed by atoms with van der Waals surface area (Å²) in [5, 5.41) is 0.243. The van der Waals surface area contributed by atoms with Crippen LogP contribution in [0, 0.1) is 17.8 Å². The van der Waals surface area contributed by atoms with E-state index in [1.165, 1.54) is 18.6 Å². The molecular weight excluding hydrogens is 230 g/mol. The molecule has 4 atom stereocenters. The molecule has 0 fully saturated rings. The van der Waals surface area contributed by atoms with Crippen molar-refractivity contribution in [2.24, 2.45) is 22.7 Å². The van der Waals surface area contributed by atoms with Crippen molar-refractivity contribution in [2.75, 3.05) is 7.05 Å². The van der Waals surface area contributed by atoms with Crippen LogP contribution < -0.4 is 0 Å². The van der Waals surface area contributed by atoms with Crippen molar-refractivity contribution in [1.82, 2.24) is 0 Å². The highest BCUT2D eigenvalue weighted by molar-refractivity contribution is 6.20. The molecule has 4 unspecified atom stereocenters. The van der Waals surface area contributed by atoms with E-state index in [0.29, 0.717) is 11.8 Å². The Bertz CT molecular complexity index is 223. The van der Waals surface area contributed by atoms with Gasteiger partial charge in [-0.05, 0) is 43.9 Å². The van der Waals surface area contributed by atoms with Gasteiger partial charge in [-0.3, -0.25) is 4.99 Å². The Hall–Kier alpha value is -0.0400. The second-order valence-electron chi connectivity index (χ2n) is 5.42. The maximum absolute atomic E-state index is 6.14. The summed E-state index contributed by atoms with van der Waals surface area (Å²) in [7, 11) is 1.93. The van der Waals surface area contributed by atoms with Gasteiger partial charge in [0.1, 0.15) is 0 Å². The first-order chi connectivity index (χ1) is 7.96. The SMILES string of the molecule is CCC(C)CC(C)C(=NC)C(CC)CC(C)Cl. The van der Waals surface area contributed by atoms with Crippen molar-refractivity contribution in [3.63, 3.8) is 0 Å². The van der Waals surface area contributed by atoms with Gasteiger partial charge in [-0.2, -0.15) is 0 Å². The largest absolute Gasteiger partial charge is 0.297 e. The molecule has 0 amide bonds. The van der Waals surface area contributed by atoms with E-state index in [1.807, 2.05) is 7.05 Å². The van der Waals surface area contributed by atoms with Crippen LogP contribution in [0.3, 0.4) is 0 Å². The lowest BCUT2D eigenvalue weighted by atomic mass is 9.83. The number of hydrogen-bond acceptors (Lipinski definition) is 1. The first-order valence-electron chi connectivity index (χ1n) is 7.06. The molecule has 0 saturated carbocycles. The van der Waals surface area contributed by atoms with Crippen molar-refractivity contribution in [2.45, 2.75) is 65.7 Å². The molecule has 0 bridgehead atoms. The first-order valence-corrected chi connectivity index (χ1v) is 7.50. The Morgan fingerprint density at radius 3 is 2.00 bits per heavy atom. The van der Waals surface area contributed by atoms with Crippen LogP contribution in [-0.4, -0.2) is 18.1 Å². The van der Waals surface area contributed by atoms with Crippen LogP contribution in [0.5, 0.6) is 0 Å². The van der Waals surface area contributed by atoms with Crippen LogP contribution in [0.1, 0.15) is 60.3 Å². The molecule has 102 valence electrons. The number of alkyl halides is 1. The average molecular weight is 260 g/mol. The fourth-order valence-corrected chi connectivity index (χ4v) is 2.80. The van der Waals surface area contributed by atoms with Gasteiger partial charge in [-0.15, -0.1) is 11.6 Å². The van der Waals surface area contributed by atoms with Gasteiger partial charge in [0.25, 0.3) is 0 Å². The van der Waals surface area contributed by atoms with Crippen LogP contribution in [-0.2, 0) is 0 Å². The van der Waals surface area contributed by atoms with E-state index in [0.717, 1.165) is 18.8 Å². The molecule has 0 rings (SSSR count). The summed E-state index contributed by atoms with van der Waals surface area (Å²) in [6.07, 6.45) is 4.70. The molecule has 0 aromatic carbocycles. The van der Waals surface area contributed by atoms with Crippen LogP contribution >= 0.6 is 11.6 Å². The summed E-state index contributed by atoms with van der Waals surface area (Å²) in [6.45, 7) is 11.2. The molecule has 17 heavy (non-hydrogen) atoms. The summed E-state index contributed by atoms with van der Waals surface area (Å²) >= 11 is 6.14. The Labute approximate surface area is 113 Å². The van der Waals surface area contributed by atoms with Gasteiger partial charge in [0.05, 0.1) is 0 Å². The van der Waals surface area contributed by atoms with Crippen LogP contribution in [0.4, 0.5) is 0 Å². The Kier molecular flexibility index (Phi) is 8.94. The molecule has 1 nitrogen and oxygen atoms in total. The van der Waals surface area contributed by atoms with Crippen molar-refractivity contribution in [3.8, 4) is 0 Å². The molecule has 0 radical (unpaired) electrons. The van der Waals surface area contributed by atoms with Gasteiger partial charge >= 0.3 is 0 Å². The van der Waals surface area contributed by atoms with E-state index >= 15 is 0 Å². The van der Waals surface area contributed by atoms with Crippen molar-refractivity contribution >= 4 is 17.3 Å². The second-order valence-corrected chi connectivity index (χ2v) is 6.17. The molecule has 0 aliphatic carbocycles. The van der Waals surface area contributed by atoms with E-state index in [4.69, 9.17) is 11.6 Å². The molecule has 0 aliphatic heterocycles. The van der Waals surface area contributed by atoms with E-state index in [2.05, 4.69) is 39.6 Å². The Morgan fingerprint density at radius 2 is 1.65 bits per heavy atom. The number of hydrogen-bond donors (Lipinski definition) is 0. The molecule has 0 aromatic rings. The van der Waals surface area contributed by atoms with Gasteiger partial charge in [0.15, 0.2) is 0 Å². The zero-order chi connectivity index (χ0) is 13.4. The minimum atomic E-state index is 0.243. The zero-order valence-electron chi connectivity index (χ0n) is 12.5. The summed E-state index contributed by atoms with van der Waals surface area (Å²) in [4.78, 5) is 4.56. The zero-order valence-corrected chi connectivity index (χ0v) is 13.2. The summed E-state index contributed by atoms with van der Waals surface area (Å²) in [6, 6.07) is 0. The third-order valence-corrected chi connectivity index (χ3v) is 3.91. The lowest BCUT2D eigenvalue weighted by Gasteiger charge is -2.25. The topological polar surface area (TPSA) is 12.4 Å². The van der Waals surface area contributed by atoms with E-state index in [9.17, 15) is 0 Å². The van der Waals surface area contributed by atoms with Crippen LogP contribution in [0.25, 0.3) is 0 Å². The highest BCUT2D eigenvalue weighted by atomic mass is 35.5. The molecule has 0 heterocycles. The Balaban J connectivity index is 4.57. The maximum atomic E-state index is 6.14. The predicted octanol–water partition coefficient (Wildman–Crippen LogP) is 5.17. The quantitative estimate of drug-likeness (QED) is 0.421. The molecule has 0 aliphatic rings. The smallest absolute Gasteiger partial charge is 0.0314 e. The minimum Gasteiger partial charge on any atom is -0.297 e. The monoisotopic (exact) mass is 259 g/mol. The van der Waals surface area contributed by atoms with Crippen molar-refractivity contribution in [1.29, 1.82) is 0 Å². The fraction of sp³-hybridized carbons (Fsp3) is 0.933. The predicted molar refractivity (Wildman–Crippen MR) is 80.3 cm³/mol. The van der Waals surface area contributed by atoms with Gasteiger partial charge in [-0.25, -0.2) is 0 Å². The molecule has 0 aromatic heterocycles. The normalized spacial score (nSPS) is 19.8. The van der Waals surface area contributed by atoms with Crippen molar-refractivity contribution in [3.05, 3.63) is 0 Å². The molecule has 0 N–H and O–H groups in total.